The molecule has 24 heavy (non-hydrogen) atoms. The van der Waals surface area contributed by atoms with E-state index < -0.39 is 44.3 Å². The number of fused-ring (bicyclic) bond motifs is 1. The van der Waals surface area contributed by atoms with Crippen LogP contribution in [0, 0.1) is 0 Å². The topological polar surface area (TPSA) is 109 Å². The van der Waals surface area contributed by atoms with Crippen LogP contribution in [0.25, 0.3) is 0 Å². The van der Waals surface area contributed by atoms with E-state index in [-0.39, 0.29) is 12.2 Å². The Morgan fingerprint density at radius 1 is 1.29 bits per heavy atom. The summed E-state index contributed by atoms with van der Waals surface area (Å²) in [6.07, 6.45) is 0.777. The van der Waals surface area contributed by atoms with Gasteiger partial charge in [0, 0.05) is 12.2 Å². The molecule has 0 N–H and O–H groups in total. The average Bonchev–Trinajstić information content (AvgIpc) is 2.95. The third kappa shape index (κ3) is 3.00. The van der Waals surface area contributed by atoms with E-state index in [1.165, 1.54) is 0 Å². The molecular weight excluding hydrogens is 359 g/mol. The summed E-state index contributed by atoms with van der Waals surface area (Å²) in [5, 5.41) is 0. The van der Waals surface area contributed by atoms with E-state index in [1.807, 2.05) is 0 Å². The Kier molecular flexibility index (Phi) is 4.44. The molecule has 8 nitrogen and oxygen atoms in total. The van der Waals surface area contributed by atoms with Gasteiger partial charge in [0.25, 0.3) is 11.3 Å². The molecule has 0 bridgehead atoms. The SMILES string of the molecule is COC(=O)C(=O)c1cc2n(c(=O)c1OS(=O)(=O)C(F)(F)F)CCC2. The number of Topliss-reactive ketones (excluding diaryl/α,β-unsaturated/α-hetero) is 1. The molecule has 0 spiro atoms. The number of methoxy groups -OCH3 is 1. The standard InChI is InChI=1S/C12H10F3NO7S/c1-22-11(19)8(17)7-5-6-3-2-4-16(6)10(18)9(7)23-24(20,21)12(13,14)15/h5H,2-4H2,1H3. The van der Waals surface area contributed by atoms with E-state index in [0.29, 0.717) is 12.8 Å². The molecule has 0 saturated carbocycles. The Morgan fingerprint density at radius 3 is 2.46 bits per heavy atom. The first-order valence-corrected chi connectivity index (χ1v) is 7.80. The molecule has 12 heteroatoms. The lowest BCUT2D eigenvalue weighted by atomic mass is 10.1. The second-order valence-corrected chi connectivity index (χ2v) is 6.28. The second kappa shape index (κ2) is 5.92. The van der Waals surface area contributed by atoms with E-state index in [2.05, 4.69) is 8.92 Å². The number of rotatable bonds is 4. The van der Waals surface area contributed by atoms with Crippen LogP contribution in [-0.2, 0) is 32.6 Å². The van der Waals surface area contributed by atoms with Gasteiger partial charge >= 0.3 is 21.6 Å². The largest absolute Gasteiger partial charge is 0.534 e. The molecule has 0 aliphatic carbocycles. The highest BCUT2D eigenvalue weighted by Gasteiger charge is 2.49. The summed E-state index contributed by atoms with van der Waals surface area (Å²) < 4.78 is 68.8. The second-order valence-electron chi connectivity index (χ2n) is 4.74. The monoisotopic (exact) mass is 369 g/mol. The molecule has 0 radical (unpaired) electrons. The van der Waals surface area contributed by atoms with Crippen LogP contribution in [0.15, 0.2) is 10.9 Å². The fourth-order valence-electron chi connectivity index (χ4n) is 2.16. The summed E-state index contributed by atoms with van der Waals surface area (Å²) in [7, 11) is -5.36. The molecule has 2 rings (SSSR count). The normalized spacial score (nSPS) is 14.2. The van der Waals surface area contributed by atoms with Gasteiger partial charge in [0.2, 0.25) is 5.75 Å². The highest BCUT2D eigenvalue weighted by atomic mass is 32.2. The van der Waals surface area contributed by atoms with Crippen molar-refractivity contribution >= 4 is 21.9 Å². The molecule has 0 fully saturated rings. The predicted molar refractivity (Wildman–Crippen MR) is 71.0 cm³/mol. The summed E-state index contributed by atoms with van der Waals surface area (Å²) >= 11 is 0. The van der Waals surface area contributed by atoms with Crippen LogP contribution in [0.3, 0.4) is 0 Å². The van der Waals surface area contributed by atoms with E-state index in [9.17, 15) is 36.0 Å². The fraction of sp³-hybridized carbons (Fsp3) is 0.417. The highest BCUT2D eigenvalue weighted by molar-refractivity contribution is 7.88. The van der Waals surface area contributed by atoms with Crippen molar-refractivity contribution in [2.45, 2.75) is 24.9 Å². The predicted octanol–water partition coefficient (Wildman–Crippen LogP) is 0.379. The summed E-state index contributed by atoms with van der Waals surface area (Å²) in [5.74, 6) is -4.35. The maximum Gasteiger partial charge on any atom is 0.534 e. The van der Waals surface area contributed by atoms with Crippen LogP contribution < -0.4 is 9.74 Å². The van der Waals surface area contributed by atoms with Gasteiger partial charge in [-0.1, -0.05) is 0 Å². The summed E-state index contributed by atoms with van der Waals surface area (Å²) in [5.41, 5.74) is -7.68. The highest BCUT2D eigenvalue weighted by Crippen LogP contribution is 2.29. The lowest BCUT2D eigenvalue weighted by molar-refractivity contribution is -0.135. The zero-order chi connectivity index (χ0) is 18.3. The van der Waals surface area contributed by atoms with Gasteiger partial charge < -0.3 is 13.5 Å². The molecule has 0 saturated heterocycles. The van der Waals surface area contributed by atoms with Gasteiger partial charge in [-0.2, -0.15) is 21.6 Å². The van der Waals surface area contributed by atoms with E-state index in [0.717, 1.165) is 17.7 Å². The quantitative estimate of drug-likeness (QED) is 0.248. The summed E-state index contributed by atoms with van der Waals surface area (Å²) in [6, 6.07) is 0.953. The van der Waals surface area contributed by atoms with E-state index >= 15 is 0 Å². The Hall–Kier alpha value is -2.37. The Morgan fingerprint density at radius 2 is 1.92 bits per heavy atom. The third-order valence-corrected chi connectivity index (χ3v) is 4.20. The zero-order valence-corrected chi connectivity index (χ0v) is 12.9. The van der Waals surface area contributed by atoms with Crippen LogP contribution in [0.1, 0.15) is 22.5 Å². The maximum atomic E-state index is 12.5. The molecule has 1 aromatic heterocycles. The van der Waals surface area contributed by atoms with Crippen LogP contribution >= 0.6 is 0 Å². The van der Waals surface area contributed by atoms with Crippen LogP contribution in [-0.4, -0.2) is 37.4 Å². The number of alkyl halides is 3. The first-order valence-electron chi connectivity index (χ1n) is 6.39. The van der Waals surface area contributed by atoms with Gasteiger partial charge in [-0.25, -0.2) is 4.79 Å². The fourth-order valence-corrected chi connectivity index (χ4v) is 2.63. The minimum absolute atomic E-state index is 0.114. The van der Waals surface area contributed by atoms with Crippen LogP contribution in [0.2, 0.25) is 0 Å². The Labute approximate surface area is 132 Å². The number of hydrogen-bond donors (Lipinski definition) is 0. The van der Waals surface area contributed by atoms with Crippen molar-refractivity contribution in [2.75, 3.05) is 7.11 Å². The smallest absolute Gasteiger partial charge is 0.463 e. The van der Waals surface area contributed by atoms with E-state index in [1.54, 1.807) is 0 Å². The van der Waals surface area contributed by atoms with Crippen molar-refractivity contribution in [1.82, 2.24) is 4.57 Å². The molecule has 1 aliphatic heterocycles. The third-order valence-electron chi connectivity index (χ3n) is 3.25. The molecule has 0 aromatic carbocycles. The minimum Gasteiger partial charge on any atom is -0.463 e. The Balaban J connectivity index is 2.67. The number of aryl methyl sites for hydroxylation is 1. The van der Waals surface area contributed by atoms with E-state index in [4.69, 9.17) is 0 Å². The van der Waals surface area contributed by atoms with Crippen molar-refractivity contribution in [3.63, 3.8) is 0 Å². The van der Waals surface area contributed by atoms with Gasteiger partial charge in [0.15, 0.2) is 0 Å². The summed E-state index contributed by atoms with van der Waals surface area (Å²) in [4.78, 5) is 35.4. The molecule has 132 valence electrons. The number of aromatic nitrogens is 1. The summed E-state index contributed by atoms with van der Waals surface area (Å²) in [6.45, 7) is 0.114. The molecule has 0 amide bonds. The number of hydrogen-bond acceptors (Lipinski definition) is 7. The van der Waals surface area contributed by atoms with Gasteiger partial charge in [0.05, 0.1) is 12.7 Å². The number of carbonyl (C=O) groups is 2. The van der Waals surface area contributed by atoms with Gasteiger partial charge in [-0.3, -0.25) is 9.59 Å². The molecule has 1 aromatic rings. The number of nitrogens with zero attached hydrogens (tertiary/aromatic N) is 1. The Bertz CT molecular complexity index is 870. The minimum atomic E-state index is -6.20. The molecule has 0 atom stereocenters. The van der Waals surface area contributed by atoms with Crippen LogP contribution in [0.5, 0.6) is 5.75 Å². The number of pyridine rings is 1. The van der Waals surface area contributed by atoms with Gasteiger partial charge in [0.1, 0.15) is 0 Å². The molecule has 1 aliphatic rings. The molecule has 2 heterocycles. The van der Waals surface area contributed by atoms with Crippen molar-refractivity contribution < 1.29 is 40.1 Å². The zero-order valence-electron chi connectivity index (χ0n) is 12.0. The lowest BCUT2D eigenvalue weighted by Gasteiger charge is -2.14. The number of halogens is 3. The lowest BCUT2D eigenvalue weighted by Crippen LogP contribution is -2.33. The average molecular weight is 369 g/mol. The number of esters is 1. The van der Waals surface area contributed by atoms with Crippen molar-refractivity contribution in [2.24, 2.45) is 0 Å². The van der Waals surface area contributed by atoms with Gasteiger partial charge in [-0.05, 0) is 18.9 Å². The number of ketones is 1. The number of carbonyl (C=O) groups excluding carboxylic acids is 2. The molecular formula is C12H10F3NO7S. The first-order chi connectivity index (χ1) is 11.0. The number of ether oxygens (including phenoxy) is 1. The van der Waals surface area contributed by atoms with Crippen LogP contribution in [0.4, 0.5) is 13.2 Å². The first kappa shape index (κ1) is 18.0. The van der Waals surface area contributed by atoms with Crippen molar-refractivity contribution in [3.8, 4) is 5.75 Å². The molecule has 0 unspecified atom stereocenters. The maximum absolute atomic E-state index is 12.5. The van der Waals surface area contributed by atoms with Gasteiger partial charge in [-0.15, -0.1) is 0 Å². The van der Waals surface area contributed by atoms with Crippen molar-refractivity contribution in [3.05, 3.63) is 27.7 Å². The van der Waals surface area contributed by atoms with Crippen molar-refractivity contribution in [1.29, 1.82) is 0 Å².